The molecule has 7 nitrogen and oxygen atoms in total. The van der Waals surface area contributed by atoms with Crippen LogP contribution >= 0.6 is 11.3 Å². The van der Waals surface area contributed by atoms with E-state index >= 15 is 0 Å². The van der Waals surface area contributed by atoms with Gasteiger partial charge in [0.25, 0.3) is 5.91 Å². The molecule has 0 saturated carbocycles. The van der Waals surface area contributed by atoms with Gasteiger partial charge in [-0.15, -0.1) is 0 Å². The largest absolute Gasteiger partial charge is 0.383 e. The first-order chi connectivity index (χ1) is 15.8. The molecule has 10 heteroatoms. The van der Waals surface area contributed by atoms with Gasteiger partial charge in [-0.05, 0) is 56.2 Å². The van der Waals surface area contributed by atoms with E-state index in [-0.39, 0.29) is 16.5 Å². The molecule has 1 unspecified atom stereocenters. The number of carbonyl (C=O) groups excluding carboxylic acids is 1. The maximum atomic E-state index is 14.4. The molecule has 176 valence electrons. The Bertz CT molecular complexity index is 1330. The second-order valence-electron chi connectivity index (χ2n) is 8.02. The molecule has 1 aliphatic rings. The van der Waals surface area contributed by atoms with Gasteiger partial charge in [0.1, 0.15) is 5.82 Å². The van der Waals surface area contributed by atoms with Crippen LogP contribution in [-0.4, -0.2) is 49.5 Å². The second-order valence-corrected chi connectivity index (χ2v) is 10.9. The molecule has 3 aromatic rings. The summed E-state index contributed by atoms with van der Waals surface area (Å²) in [4.78, 5) is 17.6. The fourth-order valence-electron chi connectivity index (χ4n) is 4.05. The molecular formula is C23H26FN3O4S2. The van der Waals surface area contributed by atoms with E-state index in [1.165, 1.54) is 46.0 Å². The van der Waals surface area contributed by atoms with Crippen LogP contribution < -0.4 is 4.80 Å². The van der Waals surface area contributed by atoms with Crippen LogP contribution in [0.3, 0.4) is 0 Å². The number of carbonyl (C=O) groups is 1. The van der Waals surface area contributed by atoms with Crippen molar-refractivity contribution in [2.75, 3.05) is 20.3 Å². The molecule has 0 bridgehead atoms. The van der Waals surface area contributed by atoms with Crippen LogP contribution in [0.2, 0.25) is 0 Å². The summed E-state index contributed by atoms with van der Waals surface area (Å²) < 4.78 is 49.4. The van der Waals surface area contributed by atoms with Crippen molar-refractivity contribution in [1.29, 1.82) is 0 Å². The highest BCUT2D eigenvalue weighted by molar-refractivity contribution is 7.89. The Hall–Kier alpha value is -2.40. The van der Waals surface area contributed by atoms with Gasteiger partial charge in [0.05, 0.1) is 21.7 Å². The van der Waals surface area contributed by atoms with Crippen LogP contribution in [0.4, 0.5) is 4.39 Å². The standard InChI is InChI=1S/C23H26FN3O4S2/c1-16-6-3-4-13-27(16)33(29,30)18-11-9-17(10-12-18)22(28)25-23-26(14-15-31-2)21-19(24)7-5-8-20(21)32-23/h5,7-12,16H,3-4,6,13-15H2,1-2H3. The first-order valence-electron chi connectivity index (χ1n) is 10.8. The first kappa shape index (κ1) is 23.7. The molecule has 1 saturated heterocycles. The number of fused-ring (bicyclic) bond motifs is 1. The quantitative estimate of drug-likeness (QED) is 0.525. The fourth-order valence-corrected chi connectivity index (χ4v) is 6.82. The van der Waals surface area contributed by atoms with E-state index in [9.17, 15) is 17.6 Å². The molecular weight excluding hydrogens is 465 g/mol. The molecule has 0 N–H and O–H groups in total. The van der Waals surface area contributed by atoms with Crippen LogP contribution in [0.25, 0.3) is 10.2 Å². The zero-order valence-electron chi connectivity index (χ0n) is 18.5. The van der Waals surface area contributed by atoms with Gasteiger partial charge in [0.15, 0.2) is 4.80 Å². The minimum atomic E-state index is -3.62. The van der Waals surface area contributed by atoms with Crippen molar-refractivity contribution in [1.82, 2.24) is 8.87 Å². The number of halogens is 1. The van der Waals surface area contributed by atoms with Crippen LogP contribution in [-0.2, 0) is 21.3 Å². The SMILES string of the molecule is COCCn1c(=NC(=O)c2ccc(S(=O)(=O)N3CCCCC3C)cc2)sc2cccc(F)c21. The topological polar surface area (TPSA) is 81.0 Å². The zero-order valence-corrected chi connectivity index (χ0v) is 20.2. The maximum absolute atomic E-state index is 14.4. The molecule has 1 aliphatic heterocycles. The number of hydrogen-bond donors (Lipinski definition) is 0. The number of hydrogen-bond acceptors (Lipinski definition) is 5. The molecule has 1 amide bonds. The number of piperidine rings is 1. The van der Waals surface area contributed by atoms with E-state index in [0.717, 1.165) is 19.3 Å². The van der Waals surface area contributed by atoms with Gasteiger partial charge in [-0.25, -0.2) is 12.8 Å². The van der Waals surface area contributed by atoms with Crippen molar-refractivity contribution < 1.29 is 22.3 Å². The lowest BCUT2D eigenvalue weighted by molar-refractivity contribution is 0.0997. The highest BCUT2D eigenvalue weighted by atomic mass is 32.2. The lowest BCUT2D eigenvalue weighted by atomic mass is 10.1. The van der Waals surface area contributed by atoms with E-state index in [1.54, 1.807) is 23.8 Å². The normalized spacial score (nSPS) is 18.2. The number of amides is 1. The van der Waals surface area contributed by atoms with Gasteiger partial charge in [-0.1, -0.05) is 23.8 Å². The van der Waals surface area contributed by atoms with Crippen LogP contribution in [0.5, 0.6) is 0 Å². The van der Waals surface area contributed by atoms with Crippen molar-refractivity contribution >= 4 is 37.5 Å². The van der Waals surface area contributed by atoms with E-state index in [4.69, 9.17) is 4.74 Å². The number of benzene rings is 2. The molecule has 0 aliphatic carbocycles. The van der Waals surface area contributed by atoms with E-state index in [2.05, 4.69) is 4.99 Å². The molecule has 4 rings (SSSR count). The van der Waals surface area contributed by atoms with E-state index in [1.807, 2.05) is 6.92 Å². The average molecular weight is 492 g/mol. The Labute approximate surface area is 196 Å². The molecule has 0 radical (unpaired) electrons. The zero-order chi connectivity index (χ0) is 23.6. The van der Waals surface area contributed by atoms with Gasteiger partial charge >= 0.3 is 0 Å². The maximum Gasteiger partial charge on any atom is 0.279 e. The summed E-state index contributed by atoms with van der Waals surface area (Å²) in [6.07, 6.45) is 2.71. The van der Waals surface area contributed by atoms with Crippen LogP contribution in [0, 0.1) is 5.82 Å². The highest BCUT2D eigenvalue weighted by Crippen LogP contribution is 2.25. The van der Waals surface area contributed by atoms with Crippen molar-refractivity contribution in [3.05, 3.63) is 58.6 Å². The van der Waals surface area contributed by atoms with E-state index < -0.39 is 21.7 Å². The average Bonchev–Trinajstić information content (AvgIpc) is 3.16. The number of thiazole rings is 1. The van der Waals surface area contributed by atoms with Gasteiger partial charge < -0.3 is 9.30 Å². The summed E-state index contributed by atoms with van der Waals surface area (Å²) in [5.74, 6) is -0.918. The fraction of sp³-hybridized carbons (Fsp3) is 0.391. The number of rotatable bonds is 6. The minimum absolute atomic E-state index is 0.0454. The number of sulfonamides is 1. The number of para-hydroxylation sites is 1. The lowest BCUT2D eigenvalue weighted by Gasteiger charge is -2.32. The number of methoxy groups -OCH3 is 1. The van der Waals surface area contributed by atoms with Crippen LogP contribution in [0.15, 0.2) is 52.4 Å². The summed E-state index contributed by atoms with van der Waals surface area (Å²) >= 11 is 1.22. The molecule has 1 fully saturated rings. The van der Waals surface area contributed by atoms with Crippen molar-refractivity contribution in [3.63, 3.8) is 0 Å². The summed E-state index contributed by atoms with van der Waals surface area (Å²) in [6.45, 7) is 3.10. The van der Waals surface area contributed by atoms with Crippen LogP contribution in [0.1, 0.15) is 36.5 Å². The third kappa shape index (κ3) is 4.79. The summed E-state index contributed by atoms with van der Waals surface area (Å²) in [6, 6.07) is 10.6. The lowest BCUT2D eigenvalue weighted by Crippen LogP contribution is -2.41. The Balaban J connectivity index is 1.66. The summed E-state index contributed by atoms with van der Waals surface area (Å²) in [5, 5.41) is 0. The monoisotopic (exact) mass is 491 g/mol. The third-order valence-electron chi connectivity index (χ3n) is 5.82. The third-order valence-corrected chi connectivity index (χ3v) is 8.89. The van der Waals surface area contributed by atoms with Gasteiger partial charge in [-0.3, -0.25) is 4.79 Å². The first-order valence-corrected chi connectivity index (χ1v) is 13.1. The molecule has 1 aromatic heterocycles. The van der Waals surface area contributed by atoms with Gasteiger partial charge in [-0.2, -0.15) is 9.30 Å². The minimum Gasteiger partial charge on any atom is -0.383 e. The van der Waals surface area contributed by atoms with Gasteiger partial charge in [0.2, 0.25) is 10.0 Å². The second kappa shape index (κ2) is 9.84. The Kier molecular flexibility index (Phi) is 7.08. The molecule has 1 atom stereocenters. The van der Waals surface area contributed by atoms with Crippen molar-refractivity contribution in [3.8, 4) is 0 Å². The highest BCUT2D eigenvalue weighted by Gasteiger charge is 2.30. The Morgan fingerprint density at radius 3 is 2.67 bits per heavy atom. The Morgan fingerprint density at radius 2 is 1.97 bits per heavy atom. The molecule has 2 heterocycles. The molecule has 33 heavy (non-hydrogen) atoms. The van der Waals surface area contributed by atoms with E-state index in [0.29, 0.717) is 34.7 Å². The Morgan fingerprint density at radius 1 is 1.21 bits per heavy atom. The van der Waals surface area contributed by atoms with Crippen molar-refractivity contribution in [2.45, 2.75) is 43.7 Å². The summed E-state index contributed by atoms with van der Waals surface area (Å²) in [5.41, 5.74) is 0.639. The number of nitrogens with zero attached hydrogens (tertiary/aromatic N) is 3. The van der Waals surface area contributed by atoms with Crippen molar-refractivity contribution in [2.24, 2.45) is 4.99 Å². The smallest absolute Gasteiger partial charge is 0.279 e. The molecule has 2 aromatic carbocycles. The predicted octanol–water partition coefficient (Wildman–Crippen LogP) is 3.79. The number of aromatic nitrogens is 1. The molecule has 0 spiro atoms. The summed E-state index contributed by atoms with van der Waals surface area (Å²) in [7, 11) is -2.07. The predicted molar refractivity (Wildman–Crippen MR) is 125 cm³/mol. The van der Waals surface area contributed by atoms with Gasteiger partial charge in [0, 0.05) is 31.8 Å². The number of ether oxygens (including phenoxy) is 1.